The summed E-state index contributed by atoms with van der Waals surface area (Å²) < 4.78 is 14.4. The fraction of sp³-hybridized carbons (Fsp3) is 0.167. The van der Waals surface area contributed by atoms with Crippen LogP contribution >= 0.6 is 34.7 Å². The number of nitrogens with two attached hydrogens (primary N) is 1. The fourth-order valence-electron chi connectivity index (χ4n) is 1.44. The summed E-state index contributed by atoms with van der Waals surface area (Å²) in [4.78, 5) is 15.8. The van der Waals surface area contributed by atoms with Gasteiger partial charge in [0.05, 0.1) is 21.3 Å². The molecule has 0 bridgehead atoms. The third-order valence-corrected chi connectivity index (χ3v) is 4.89. The number of carbonyl (C=O) groups excluding carboxylic acids is 1. The smallest absolute Gasteiger partial charge is 0.234 e. The topological polar surface area (TPSA) is 68.0 Å². The Morgan fingerprint density at radius 1 is 1.60 bits per heavy atom. The van der Waals surface area contributed by atoms with Gasteiger partial charge in [-0.25, -0.2) is 9.37 Å². The summed E-state index contributed by atoms with van der Waals surface area (Å²) in [5, 5.41) is 3.24. The molecule has 0 radical (unpaired) electrons. The molecule has 20 heavy (non-hydrogen) atoms. The summed E-state index contributed by atoms with van der Waals surface area (Å²) in [5.74, 6) is -0.707. The van der Waals surface area contributed by atoms with Crippen LogP contribution in [-0.4, -0.2) is 16.6 Å². The van der Waals surface area contributed by atoms with Crippen LogP contribution in [0.1, 0.15) is 5.69 Å². The molecular formula is C12H11ClFN3OS2. The number of aromatic nitrogens is 1. The summed E-state index contributed by atoms with van der Waals surface area (Å²) >= 11 is 8.29. The number of thiazole rings is 1. The number of amides is 1. The predicted molar refractivity (Wildman–Crippen MR) is 82.0 cm³/mol. The second-order valence-corrected chi connectivity index (χ2v) is 6.60. The first kappa shape index (κ1) is 15.1. The van der Waals surface area contributed by atoms with E-state index in [0.29, 0.717) is 5.13 Å². The molecule has 0 aliphatic carbocycles. The standard InChI is InChI=1S/C12H11ClFN3OS2/c1-6-11(20-12(15)16-6)19-5-10(18)17-9-3-2-7(13)4-8(9)14/h2-4H,5H2,1H3,(H2,15,16)(H,17,18). The number of halogens is 2. The van der Waals surface area contributed by atoms with Crippen molar-refractivity contribution in [2.75, 3.05) is 16.8 Å². The molecule has 1 heterocycles. The third-order valence-electron chi connectivity index (χ3n) is 2.31. The number of nitrogens with one attached hydrogen (secondary N) is 1. The number of anilines is 2. The zero-order valence-corrected chi connectivity index (χ0v) is 12.8. The van der Waals surface area contributed by atoms with Gasteiger partial charge in [-0.15, -0.1) is 11.8 Å². The van der Waals surface area contributed by atoms with E-state index in [-0.39, 0.29) is 22.4 Å². The Hall–Kier alpha value is -1.31. The van der Waals surface area contributed by atoms with Crippen molar-refractivity contribution in [3.63, 3.8) is 0 Å². The van der Waals surface area contributed by atoms with Crippen molar-refractivity contribution in [1.82, 2.24) is 4.98 Å². The van der Waals surface area contributed by atoms with Gasteiger partial charge in [-0.2, -0.15) is 0 Å². The maximum absolute atomic E-state index is 13.5. The average Bonchev–Trinajstić information content (AvgIpc) is 2.69. The average molecular weight is 332 g/mol. The van der Waals surface area contributed by atoms with E-state index < -0.39 is 5.82 Å². The van der Waals surface area contributed by atoms with Crippen molar-refractivity contribution in [1.29, 1.82) is 0 Å². The SMILES string of the molecule is Cc1nc(N)sc1SCC(=O)Nc1ccc(Cl)cc1F. The highest BCUT2D eigenvalue weighted by molar-refractivity contribution is 8.01. The van der Waals surface area contributed by atoms with Gasteiger partial charge in [0.25, 0.3) is 0 Å². The van der Waals surface area contributed by atoms with Crippen LogP contribution in [0, 0.1) is 12.7 Å². The van der Waals surface area contributed by atoms with Crippen LogP contribution in [0.15, 0.2) is 22.4 Å². The molecule has 1 aromatic heterocycles. The van der Waals surface area contributed by atoms with Gasteiger partial charge in [0.15, 0.2) is 5.13 Å². The summed E-state index contributed by atoms with van der Waals surface area (Å²) in [5.41, 5.74) is 6.48. The molecule has 2 rings (SSSR count). The van der Waals surface area contributed by atoms with Crippen molar-refractivity contribution in [3.8, 4) is 0 Å². The van der Waals surface area contributed by atoms with Gasteiger partial charge in [-0.1, -0.05) is 22.9 Å². The molecule has 0 aliphatic rings. The molecule has 0 fully saturated rings. The number of hydrogen-bond donors (Lipinski definition) is 2. The molecule has 0 saturated carbocycles. The van der Waals surface area contributed by atoms with Crippen molar-refractivity contribution >= 4 is 51.4 Å². The highest BCUT2D eigenvalue weighted by Gasteiger charge is 2.11. The lowest BCUT2D eigenvalue weighted by Crippen LogP contribution is -2.14. The third kappa shape index (κ3) is 3.84. The van der Waals surface area contributed by atoms with E-state index in [1.807, 2.05) is 6.92 Å². The Morgan fingerprint density at radius 2 is 2.35 bits per heavy atom. The summed E-state index contributed by atoms with van der Waals surface area (Å²) in [6.45, 7) is 1.83. The number of carbonyl (C=O) groups is 1. The van der Waals surface area contributed by atoms with Gasteiger partial charge in [0.2, 0.25) is 5.91 Å². The lowest BCUT2D eigenvalue weighted by atomic mass is 10.3. The predicted octanol–water partition coefficient (Wildman–Crippen LogP) is 3.56. The molecule has 0 spiro atoms. The van der Waals surface area contributed by atoms with Gasteiger partial charge in [0.1, 0.15) is 5.82 Å². The van der Waals surface area contributed by atoms with Gasteiger partial charge < -0.3 is 11.1 Å². The number of rotatable bonds is 4. The molecule has 0 aliphatic heterocycles. The number of benzene rings is 1. The largest absolute Gasteiger partial charge is 0.375 e. The minimum Gasteiger partial charge on any atom is -0.375 e. The second kappa shape index (κ2) is 6.43. The van der Waals surface area contributed by atoms with Crippen molar-refractivity contribution < 1.29 is 9.18 Å². The van der Waals surface area contributed by atoms with E-state index >= 15 is 0 Å². The molecule has 1 amide bonds. The van der Waals surface area contributed by atoms with Crippen molar-refractivity contribution in [2.45, 2.75) is 11.1 Å². The summed E-state index contributed by atoms with van der Waals surface area (Å²) in [6.07, 6.45) is 0. The molecule has 0 atom stereocenters. The zero-order valence-electron chi connectivity index (χ0n) is 10.4. The van der Waals surface area contributed by atoms with E-state index in [9.17, 15) is 9.18 Å². The quantitative estimate of drug-likeness (QED) is 0.841. The van der Waals surface area contributed by atoms with Crippen LogP contribution in [0.2, 0.25) is 5.02 Å². The monoisotopic (exact) mass is 331 g/mol. The zero-order chi connectivity index (χ0) is 14.7. The van der Waals surface area contributed by atoms with E-state index in [2.05, 4.69) is 10.3 Å². The Labute approximate surface area is 128 Å². The molecule has 1 aromatic carbocycles. The van der Waals surface area contributed by atoms with E-state index in [0.717, 1.165) is 16.0 Å². The fourth-order valence-corrected chi connectivity index (χ4v) is 3.43. The first-order valence-corrected chi connectivity index (χ1v) is 7.74. The first-order chi connectivity index (χ1) is 9.45. The van der Waals surface area contributed by atoms with Crippen molar-refractivity contribution in [3.05, 3.63) is 34.7 Å². The Bertz CT molecular complexity index is 648. The highest BCUT2D eigenvalue weighted by atomic mass is 35.5. The van der Waals surface area contributed by atoms with Gasteiger partial charge in [-0.05, 0) is 25.1 Å². The number of hydrogen-bond acceptors (Lipinski definition) is 5. The van der Waals surface area contributed by atoms with Gasteiger partial charge in [-0.3, -0.25) is 4.79 Å². The number of aryl methyl sites for hydroxylation is 1. The molecule has 8 heteroatoms. The lowest BCUT2D eigenvalue weighted by molar-refractivity contribution is -0.113. The Morgan fingerprint density at radius 3 is 2.95 bits per heavy atom. The normalized spacial score (nSPS) is 10.6. The molecule has 0 saturated heterocycles. The van der Waals surface area contributed by atoms with Gasteiger partial charge >= 0.3 is 0 Å². The van der Waals surface area contributed by atoms with Crippen LogP contribution in [0.3, 0.4) is 0 Å². The number of nitrogen functional groups attached to an aromatic ring is 1. The summed E-state index contributed by atoms with van der Waals surface area (Å²) in [7, 11) is 0. The molecule has 4 nitrogen and oxygen atoms in total. The van der Waals surface area contributed by atoms with Crippen LogP contribution in [0.4, 0.5) is 15.2 Å². The number of nitrogens with zero attached hydrogens (tertiary/aromatic N) is 1. The minimum absolute atomic E-state index is 0.112. The van der Waals surface area contributed by atoms with Crippen LogP contribution in [-0.2, 0) is 4.79 Å². The molecule has 0 unspecified atom stereocenters. The maximum atomic E-state index is 13.5. The van der Waals surface area contributed by atoms with E-state index in [1.165, 1.54) is 35.2 Å². The minimum atomic E-state index is -0.561. The lowest BCUT2D eigenvalue weighted by Gasteiger charge is -2.06. The summed E-state index contributed by atoms with van der Waals surface area (Å²) in [6, 6.07) is 4.09. The van der Waals surface area contributed by atoms with Crippen LogP contribution < -0.4 is 11.1 Å². The van der Waals surface area contributed by atoms with Crippen LogP contribution in [0.5, 0.6) is 0 Å². The second-order valence-electron chi connectivity index (χ2n) is 3.89. The Kier molecular flexibility index (Phi) is 4.85. The Balaban J connectivity index is 1.94. The molecule has 3 N–H and O–H groups in total. The van der Waals surface area contributed by atoms with Gasteiger partial charge in [0, 0.05) is 5.02 Å². The van der Waals surface area contributed by atoms with E-state index in [1.54, 1.807) is 0 Å². The highest BCUT2D eigenvalue weighted by Crippen LogP contribution is 2.30. The first-order valence-electron chi connectivity index (χ1n) is 5.56. The van der Waals surface area contributed by atoms with Crippen molar-refractivity contribution in [2.24, 2.45) is 0 Å². The van der Waals surface area contributed by atoms with Crippen LogP contribution in [0.25, 0.3) is 0 Å². The maximum Gasteiger partial charge on any atom is 0.234 e. The molecular weight excluding hydrogens is 321 g/mol. The molecule has 2 aromatic rings. The van der Waals surface area contributed by atoms with E-state index in [4.69, 9.17) is 17.3 Å². The number of thioether (sulfide) groups is 1. The molecule has 106 valence electrons.